The summed E-state index contributed by atoms with van der Waals surface area (Å²) >= 11 is 0. The maximum absolute atomic E-state index is 12.6. The summed E-state index contributed by atoms with van der Waals surface area (Å²) in [7, 11) is 0. The van der Waals surface area contributed by atoms with E-state index in [-0.39, 0.29) is 11.7 Å². The summed E-state index contributed by atoms with van der Waals surface area (Å²) in [6, 6.07) is 4.26. The lowest BCUT2D eigenvalue weighted by Gasteiger charge is -2.34. The van der Waals surface area contributed by atoms with Crippen LogP contribution in [0.1, 0.15) is 25.3 Å². The van der Waals surface area contributed by atoms with Crippen molar-refractivity contribution in [3.63, 3.8) is 0 Å². The first-order chi connectivity index (χ1) is 7.86. The van der Waals surface area contributed by atoms with Gasteiger partial charge >= 0.3 is 6.18 Å². The summed E-state index contributed by atoms with van der Waals surface area (Å²) in [5, 5.41) is 3.09. The molecule has 0 amide bonds. The van der Waals surface area contributed by atoms with Gasteiger partial charge in [0, 0.05) is 17.4 Å². The maximum Gasteiger partial charge on any atom is 0.418 e. The second kappa shape index (κ2) is 4.13. The van der Waals surface area contributed by atoms with Crippen LogP contribution in [0.4, 0.5) is 24.5 Å². The van der Waals surface area contributed by atoms with E-state index in [4.69, 9.17) is 5.73 Å². The zero-order valence-corrected chi connectivity index (χ0v) is 9.51. The first-order valence-corrected chi connectivity index (χ1v) is 5.59. The highest BCUT2D eigenvalue weighted by atomic mass is 19.4. The minimum Gasteiger partial charge on any atom is -0.398 e. The Labute approximate surface area is 98.0 Å². The van der Waals surface area contributed by atoms with Gasteiger partial charge in [0.15, 0.2) is 0 Å². The number of rotatable bonds is 2. The Morgan fingerprint density at radius 2 is 1.94 bits per heavy atom. The van der Waals surface area contributed by atoms with Gasteiger partial charge < -0.3 is 11.1 Å². The number of nitrogen functional groups attached to an aromatic ring is 1. The van der Waals surface area contributed by atoms with Crippen LogP contribution in [0.25, 0.3) is 0 Å². The van der Waals surface area contributed by atoms with Crippen LogP contribution in [0.2, 0.25) is 0 Å². The number of alkyl halides is 3. The fourth-order valence-corrected chi connectivity index (χ4v) is 2.15. The summed E-state index contributed by atoms with van der Waals surface area (Å²) in [6.45, 7) is 2.13. The van der Waals surface area contributed by atoms with Crippen molar-refractivity contribution < 1.29 is 13.2 Å². The molecule has 5 heteroatoms. The van der Waals surface area contributed by atoms with E-state index in [9.17, 15) is 13.2 Å². The fourth-order valence-electron chi connectivity index (χ4n) is 2.15. The summed E-state index contributed by atoms with van der Waals surface area (Å²) in [5.74, 6) is 0.656. The Morgan fingerprint density at radius 3 is 2.47 bits per heavy atom. The van der Waals surface area contributed by atoms with Crippen molar-refractivity contribution in [1.82, 2.24) is 0 Å². The molecule has 1 aliphatic carbocycles. The van der Waals surface area contributed by atoms with Crippen LogP contribution in [-0.2, 0) is 6.18 Å². The van der Waals surface area contributed by atoms with Crippen LogP contribution < -0.4 is 11.1 Å². The number of hydrogen-bond donors (Lipinski definition) is 2. The average molecular weight is 244 g/mol. The number of nitrogens with one attached hydrogen (secondary N) is 1. The van der Waals surface area contributed by atoms with Crippen LogP contribution in [-0.4, -0.2) is 6.04 Å². The fraction of sp³-hybridized carbons (Fsp3) is 0.500. The molecule has 17 heavy (non-hydrogen) atoms. The molecule has 0 saturated heterocycles. The molecule has 1 aromatic rings. The molecule has 1 fully saturated rings. The highest BCUT2D eigenvalue weighted by Crippen LogP contribution is 2.36. The van der Waals surface area contributed by atoms with Gasteiger partial charge in [-0.05, 0) is 37.0 Å². The molecule has 0 unspecified atom stereocenters. The van der Waals surface area contributed by atoms with E-state index in [2.05, 4.69) is 12.2 Å². The molecule has 2 nitrogen and oxygen atoms in total. The van der Waals surface area contributed by atoms with Crippen molar-refractivity contribution in [3.8, 4) is 0 Å². The normalized spacial score (nSPS) is 24.2. The molecule has 0 radical (unpaired) electrons. The maximum atomic E-state index is 12.6. The molecule has 3 N–H and O–H groups in total. The zero-order chi connectivity index (χ0) is 12.6. The quantitative estimate of drug-likeness (QED) is 0.781. The minimum atomic E-state index is -4.39. The molecule has 0 bridgehead atoms. The zero-order valence-electron chi connectivity index (χ0n) is 9.51. The van der Waals surface area contributed by atoms with Crippen molar-refractivity contribution in [2.24, 2.45) is 5.92 Å². The van der Waals surface area contributed by atoms with Crippen molar-refractivity contribution >= 4 is 11.4 Å². The van der Waals surface area contributed by atoms with E-state index in [0.717, 1.165) is 18.9 Å². The smallest absolute Gasteiger partial charge is 0.398 e. The monoisotopic (exact) mass is 244 g/mol. The van der Waals surface area contributed by atoms with Crippen LogP contribution in [0.5, 0.6) is 0 Å². The van der Waals surface area contributed by atoms with Crippen LogP contribution in [0, 0.1) is 5.92 Å². The van der Waals surface area contributed by atoms with Crippen LogP contribution >= 0.6 is 0 Å². The molecule has 0 atom stereocenters. The number of nitrogens with two attached hydrogens (primary N) is 1. The summed E-state index contributed by atoms with van der Waals surface area (Å²) < 4.78 is 37.8. The highest BCUT2D eigenvalue weighted by Gasteiger charge is 2.33. The Balaban J connectivity index is 2.14. The Kier molecular flexibility index (Phi) is 2.93. The highest BCUT2D eigenvalue weighted by molar-refractivity contribution is 5.58. The predicted molar refractivity (Wildman–Crippen MR) is 61.7 cm³/mol. The molecular formula is C12H15F3N2. The average Bonchev–Trinajstić information content (AvgIpc) is 2.16. The van der Waals surface area contributed by atoms with E-state index in [1.807, 2.05) is 0 Å². The van der Waals surface area contributed by atoms with Gasteiger partial charge in [0.05, 0.1) is 5.56 Å². The third kappa shape index (κ3) is 2.65. The van der Waals surface area contributed by atoms with Gasteiger partial charge in [-0.25, -0.2) is 0 Å². The second-order valence-corrected chi connectivity index (χ2v) is 4.72. The van der Waals surface area contributed by atoms with Crippen LogP contribution in [0.15, 0.2) is 18.2 Å². The van der Waals surface area contributed by atoms with Crippen LogP contribution in [0.3, 0.4) is 0 Å². The predicted octanol–water partition coefficient (Wildman–Crippen LogP) is 3.50. The third-order valence-electron chi connectivity index (χ3n) is 3.10. The molecule has 0 heterocycles. The number of benzene rings is 1. The summed E-state index contributed by atoms with van der Waals surface area (Å²) in [5.41, 5.74) is 4.82. The van der Waals surface area contributed by atoms with Gasteiger partial charge in [-0.3, -0.25) is 0 Å². The number of halogens is 3. The minimum absolute atomic E-state index is 0.231. The van der Waals surface area contributed by atoms with E-state index >= 15 is 0 Å². The second-order valence-electron chi connectivity index (χ2n) is 4.72. The lowest BCUT2D eigenvalue weighted by Crippen LogP contribution is -2.33. The van der Waals surface area contributed by atoms with E-state index in [1.165, 1.54) is 6.07 Å². The molecule has 2 rings (SSSR count). The Hall–Kier alpha value is -1.39. The van der Waals surface area contributed by atoms with Gasteiger partial charge in [0.2, 0.25) is 0 Å². The molecule has 1 aromatic carbocycles. The standard InChI is InChI=1S/C12H15F3N2/c1-7-4-9(5-7)17-8-2-3-11(16)10(6-8)12(13,14)15/h2-3,6-7,9,17H,4-5,16H2,1H3. The first-order valence-electron chi connectivity index (χ1n) is 5.59. The van der Waals surface area contributed by atoms with Gasteiger partial charge in [-0.2, -0.15) is 13.2 Å². The number of anilines is 2. The van der Waals surface area contributed by atoms with Gasteiger partial charge in [0.25, 0.3) is 0 Å². The SMILES string of the molecule is CC1CC(Nc2ccc(N)c(C(F)(F)F)c2)C1. The molecule has 1 aliphatic rings. The topological polar surface area (TPSA) is 38.0 Å². The van der Waals surface area contributed by atoms with Crippen molar-refractivity contribution in [3.05, 3.63) is 23.8 Å². The first kappa shape index (κ1) is 12.1. The van der Waals surface area contributed by atoms with Gasteiger partial charge in [-0.15, -0.1) is 0 Å². The van der Waals surface area contributed by atoms with Crippen molar-refractivity contribution in [2.45, 2.75) is 32.0 Å². The van der Waals surface area contributed by atoms with E-state index < -0.39 is 11.7 Å². The van der Waals surface area contributed by atoms with Gasteiger partial charge in [-0.1, -0.05) is 6.92 Å². The lowest BCUT2D eigenvalue weighted by atomic mass is 9.82. The van der Waals surface area contributed by atoms with Crippen molar-refractivity contribution in [2.75, 3.05) is 11.1 Å². The largest absolute Gasteiger partial charge is 0.418 e. The summed E-state index contributed by atoms with van der Waals surface area (Å²) in [6.07, 6.45) is -2.38. The summed E-state index contributed by atoms with van der Waals surface area (Å²) in [4.78, 5) is 0. The Bertz CT molecular complexity index is 409. The van der Waals surface area contributed by atoms with E-state index in [1.54, 1.807) is 6.07 Å². The molecular weight excluding hydrogens is 229 g/mol. The van der Waals surface area contributed by atoms with Crippen molar-refractivity contribution in [1.29, 1.82) is 0 Å². The molecule has 94 valence electrons. The lowest BCUT2D eigenvalue weighted by molar-refractivity contribution is -0.136. The Morgan fingerprint density at radius 1 is 1.29 bits per heavy atom. The van der Waals surface area contributed by atoms with Gasteiger partial charge in [0.1, 0.15) is 0 Å². The van der Waals surface area contributed by atoms with E-state index in [0.29, 0.717) is 11.6 Å². The molecule has 0 spiro atoms. The molecule has 1 saturated carbocycles. The third-order valence-corrected chi connectivity index (χ3v) is 3.10. The molecule has 0 aliphatic heterocycles. The number of hydrogen-bond acceptors (Lipinski definition) is 2. The molecule has 0 aromatic heterocycles.